The summed E-state index contributed by atoms with van der Waals surface area (Å²) in [6.45, 7) is 9.01. The molecule has 0 spiro atoms. The first-order chi connectivity index (χ1) is 13.0. The molecule has 0 radical (unpaired) electrons. The Morgan fingerprint density at radius 2 is 1.74 bits per heavy atom. The molecule has 1 fully saturated rings. The van der Waals surface area contributed by atoms with Crippen molar-refractivity contribution < 1.29 is 9.84 Å². The van der Waals surface area contributed by atoms with Gasteiger partial charge >= 0.3 is 0 Å². The third-order valence-corrected chi connectivity index (χ3v) is 5.24. The summed E-state index contributed by atoms with van der Waals surface area (Å²) < 4.78 is 5.75. The van der Waals surface area contributed by atoms with Crippen molar-refractivity contribution in [3.05, 3.63) is 59.1 Å². The van der Waals surface area contributed by atoms with Gasteiger partial charge in [-0.25, -0.2) is 0 Å². The zero-order chi connectivity index (χ0) is 19.2. The van der Waals surface area contributed by atoms with Crippen molar-refractivity contribution >= 4 is 17.3 Å². The number of hydrogen-bond donors (Lipinski definition) is 1. The molecule has 2 aromatic carbocycles. The van der Waals surface area contributed by atoms with E-state index in [9.17, 15) is 5.11 Å². The smallest absolute Gasteiger partial charge is 0.119 e. The molecule has 0 saturated carbocycles. The summed E-state index contributed by atoms with van der Waals surface area (Å²) in [7, 11) is 0. The highest BCUT2D eigenvalue weighted by Gasteiger charge is 2.20. The lowest BCUT2D eigenvalue weighted by Gasteiger charge is -2.36. The van der Waals surface area contributed by atoms with E-state index in [1.54, 1.807) is 0 Å². The van der Waals surface area contributed by atoms with Crippen molar-refractivity contribution in [1.29, 1.82) is 0 Å². The summed E-state index contributed by atoms with van der Waals surface area (Å²) in [5, 5.41) is 11.1. The summed E-state index contributed by atoms with van der Waals surface area (Å²) in [6.07, 6.45) is -0.493. The van der Waals surface area contributed by atoms with Crippen molar-refractivity contribution in [3.8, 4) is 5.75 Å². The second kappa shape index (κ2) is 9.45. The predicted octanol–water partition coefficient (Wildman–Crippen LogP) is 4.03. The number of piperazine rings is 1. The highest BCUT2D eigenvalue weighted by Crippen LogP contribution is 2.21. The molecular weight excluding hydrogens is 360 g/mol. The number of nitrogens with zero attached hydrogens (tertiary/aromatic N) is 2. The van der Waals surface area contributed by atoms with Gasteiger partial charge < -0.3 is 14.7 Å². The number of aliphatic hydroxyl groups is 1. The van der Waals surface area contributed by atoms with Crippen LogP contribution in [0.3, 0.4) is 0 Å². The Bertz CT molecular complexity index is 713. The molecule has 1 aliphatic rings. The second-order valence-electron chi connectivity index (χ2n) is 7.46. The Kier molecular flexibility index (Phi) is 7.00. The van der Waals surface area contributed by atoms with Crippen LogP contribution in [0.2, 0.25) is 5.02 Å². The van der Waals surface area contributed by atoms with Gasteiger partial charge in [-0.1, -0.05) is 43.6 Å². The number of benzene rings is 2. The fourth-order valence-electron chi connectivity index (χ4n) is 3.35. The molecule has 27 heavy (non-hydrogen) atoms. The van der Waals surface area contributed by atoms with Gasteiger partial charge in [-0.3, -0.25) is 4.90 Å². The number of β-amino-alcohol motifs (C(OH)–C–C–N with tert-alkyl or cyclic N) is 1. The number of rotatable bonds is 7. The molecule has 0 amide bonds. The van der Waals surface area contributed by atoms with Crippen LogP contribution in [0, 0.1) is 0 Å². The van der Waals surface area contributed by atoms with Gasteiger partial charge in [0.15, 0.2) is 0 Å². The SMILES string of the molecule is CC(C)c1ccc(OCC(O)CN2CCN(c3cccc(Cl)c3)CC2)cc1. The van der Waals surface area contributed by atoms with Crippen molar-refractivity contribution in [2.75, 3.05) is 44.2 Å². The molecule has 0 bridgehead atoms. The minimum absolute atomic E-state index is 0.315. The van der Waals surface area contributed by atoms with Gasteiger partial charge in [-0.2, -0.15) is 0 Å². The number of ether oxygens (including phenoxy) is 1. The van der Waals surface area contributed by atoms with E-state index < -0.39 is 6.10 Å². The molecule has 0 aliphatic carbocycles. The Hall–Kier alpha value is -1.75. The van der Waals surface area contributed by atoms with Crippen molar-refractivity contribution in [3.63, 3.8) is 0 Å². The molecule has 1 saturated heterocycles. The van der Waals surface area contributed by atoms with E-state index in [-0.39, 0.29) is 0 Å². The fraction of sp³-hybridized carbons (Fsp3) is 0.455. The van der Waals surface area contributed by atoms with E-state index in [1.165, 1.54) is 5.56 Å². The molecule has 1 N–H and O–H groups in total. The van der Waals surface area contributed by atoms with Crippen LogP contribution in [0.25, 0.3) is 0 Å². The molecule has 146 valence electrons. The lowest BCUT2D eigenvalue weighted by atomic mass is 10.0. The normalized spacial score (nSPS) is 16.6. The lowest BCUT2D eigenvalue weighted by molar-refractivity contribution is 0.0663. The van der Waals surface area contributed by atoms with Gasteiger partial charge in [0.05, 0.1) is 0 Å². The Labute approximate surface area is 167 Å². The maximum Gasteiger partial charge on any atom is 0.119 e. The van der Waals surface area contributed by atoms with Crippen molar-refractivity contribution in [2.24, 2.45) is 0 Å². The zero-order valence-corrected chi connectivity index (χ0v) is 16.9. The van der Waals surface area contributed by atoms with Gasteiger partial charge in [0, 0.05) is 43.4 Å². The van der Waals surface area contributed by atoms with Crippen LogP contribution < -0.4 is 9.64 Å². The summed E-state index contributed by atoms with van der Waals surface area (Å²) in [5.74, 6) is 1.32. The monoisotopic (exact) mass is 388 g/mol. The molecule has 1 heterocycles. The van der Waals surface area contributed by atoms with Crippen LogP contribution >= 0.6 is 11.6 Å². The third kappa shape index (κ3) is 5.86. The topological polar surface area (TPSA) is 35.9 Å². The maximum atomic E-state index is 10.3. The van der Waals surface area contributed by atoms with Gasteiger partial charge in [0.2, 0.25) is 0 Å². The van der Waals surface area contributed by atoms with E-state index in [1.807, 2.05) is 30.3 Å². The van der Waals surface area contributed by atoms with Gasteiger partial charge in [0.25, 0.3) is 0 Å². The highest BCUT2D eigenvalue weighted by atomic mass is 35.5. The summed E-state index contributed by atoms with van der Waals surface area (Å²) >= 11 is 6.09. The quantitative estimate of drug-likeness (QED) is 0.777. The second-order valence-corrected chi connectivity index (χ2v) is 7.89. The lowest BCUT2D eigenvalue weighted by Crippen LogP contribution is -2.49. The van der Waals surface area contributed by atoms with Crippen LogP contribution in [0.4, 0.5) is 5.69 Å². The minimum atomic E-state index is -0.493. The van der Waals surface area contributed by atoms with Crippen molar-refractivity contribution in [1.82, 2.24) is 4.90 Å². The Morgan fingerprint density at radius 3 is 2.37 bits per heavy atom. The van der Waals surface area contributed by atoms with Crippen molar-refractivity contribution in [2.45, 2.75) is 25.9 Å². The van der Waals surface area contributed by atoms with E-state index in [0.29, 0.717) is 19.1 Å². The molecule has 5 heteroatoms. The van der Waals surface area contributed by atoms with Crippen LogP contribution in [0.1, 0.15) is 25.3 Å². The minimum Gasteiger partial charge on any atom is -0.491 e. The maximum absolute atomic E-state index is 10.3. The Morgan fingerprint density at radius 1 is 1.04 bits per heavy atom. The van der Waals surface area contributed by atoms with E-state index in [2.05, 4.69) is 41.8 Å². The summed E-state index contributed by atoms with van der Waals surface area (Å²) in [5.41, 5.74) is 2.45. The molecule has 4 nitrogen and oxygen atoms in total. The molecule has 3 rings (SSSR count). The van der Waals surface area contributed by atoms with Crippen LogP contribution in [0.5, 0.6) is 5.75 Å². The third-order valence-electron chi connectivity index (χ3n) is 5.00. The van der Waals surface area contributed by atoms with Crippen LogP contribution in [0.15, 0.2) is 48.5 Å². The standard InChI is InChI=1S/C22H29ClN2O2/c1-17(2)18-6-8-22(9-7-18)27-16-21(26)15-24-10-12-25(13-11-24)20-5-3-4-19(23)14-20/h3-9,14,17,21,26H,10-13,15-16H2,1-2H3. The average Bonchev–Trinajstić information content (AvgIpc) is 2.67. The van der Waals surface area contributed by atoms with Gasteiger partial charge in [-0.15, -0.1) is 0 Å². The molecule has 2 aromatic rings. The fourth-order valence-corrected chi connectivity index (χ4v) is 3.54. The average molecular weight is 389 g/mol. The number of anilines is 1. The molecule has 1 aliphatic heterocycles. The predicted molar refractivity (Wildman–Crippen MR) is 112 cm³/mol. The summed E-state index contributed by atoms with van der Waals surface area (Å²) in [4.78, 5) is 4.62. The molecule has 1 unspecified atom stereocenters. The number of halogens is 1. The van der Waals surface area contributed by atoms with Gasteiger partial charge in [-0.05, 0) is 41.8 Å². The van der Waals surface area contributed by atoms with Crippen LogP contribution in [-0.2, 0) is 0 Å². The van der Waals surface area contributed by atoms with Gasteiger partial charge in [0.1, 0.15) is 18.5 Å². The van der Waals surface area contributed by atoms with Crippen LogP contribution in [-0.4, -0.2) is 55.4 Å². The molecule has 0 aromatic heterocycles. The summed E-state index contributed by atoms with van der Waals surface area (Å²) in [6, 6.07) is 16.1. The zero-order valence-electron chi connectivity index (χ0n) is 16.1. The number of aliphatic hydroxyl groups excluding tert-OH is 1. The molecule has 1 atom stereocenters. The highest BCUT2D eigenvalue weighted by molar-refractivity contribution is 6.30. The first-order valence-electron chi connectivity index (χ1n) is 9.65. The molecular formula is C22H29ClN2O2. The van der Waals surface area contributed by atoms with E-state index >= 15 is 0 Å². The first kappa shape index (κ1) is 20.0. The first-order valence-corrected chi connectivity index (χ1v) is 10.0. The van der Waals surface area contributed by atoms with E-state index in [0.717, 1.165) is 42.6 Å². The number of hydrogen-bond acceptors (Lipinski definition) is 4. The largest absolute Gasteiger partial charge is 0.491 e. The van der Waals surface area contributed by atoms with E-state index in [4.69, 9.17) is 16.3 Å². The Balaban J connectivity index is 1.41.